The number of carbonyl (C=O) groups excluding carboxylic acids is 2. The minimum Gasteiger partial charge on any atom is -0.488 e. The molecule has 174 valence electrons. The van der Waals surface area contributed by atoms with Gasteiger partial charge in [-0.2, -0.15) is 15.0 Å². The van der Waals surface area contributed by atoms with Crippen LogP contribution >= 0.6 is 0 Å². The highest BCUT2D eigenvalue weighted by molar-refractivity contribution is 5.93. The summed E-state index contributed by atoms with van der Waals surface area (Å²) in [6.07, 6.45) is 0.0896. The van der Waals surface area contributed by atoms with Crippen LogP contribution in [0.5, 0.6) is 5.75 Å². The number of aromatic nitrogens is 2. The third-order valence-corrected chi connectivity index (χ3v) is 4.84. The number of amides is 2. The first-order valence-electron chi connectivity index (χ1n) is 10.3. The van der Waals surface area contributed by atoms with E-state index in [-0.39, 0.29) is 28.8 Å². The standard InChI is InChI=1S/C22H24FN5O5/c1-22(2,3)33-21(31)27-8-6-15(7-9-27)32-17-11-18(29)28(26-19(17)20(25)30)14-5-4-13(12-24)16(23)10-14/h4-5,10-11,15H,6-9H2,1-3H3,(H2,25,30). The number of benzene rings is 1. The van der Waals surface area contributed by atoms with Crippen molar-refractivity contribution in [2.75, 3.05) is 13.1 Å². The molecule has 0 unspecified atom stereocenters. The first-order chi connectivity index (χ1) is 15.5. The highest BCUT2D eigenvalue weighted by Gasteiger charge is 2.29. The molecule has 1 saturated heterocycles. The first-order valence-corrected chi connectivity index (χ1v) is 10.3. The lowest BCUT2D eigenvalue weighted by Gasteiger charge is -2.33. The number of likely N-dealkylation sites (tertiary alicyclic amines) is 1. The maximum Gasteiger partial charge on any atom is 0.410 e. The van der Waals surface area contributed by atoms with Crippen LogP contribution in [0.2, 0.25) is 0 Å². The zero-order chi connectivity index (χ0) is 24.3. The summed E-state index contributed by atoms with van der Waals surface area (Å²) in [6, 6.07) is 6.23. The van der Waals surface area contributed by atoms with Crippen LogP contribution in [0.1, 0.15) is 49.7 Å². The van der Waals surface area contributed by atoms with Crippen molar-refractivity contribution in [3.63, 3.8) is 0 Å². The number of carbonyl (C=O) groups is 2. The lowest BCUT2D eigenvalue weighted by Crippen LogP contribution is -2.44. The second-order valence-corrected chi connectivity index (χ2v) is 8.53. The van der Waals surface area contributed by atoms with Crippen LogP contribution in [-0.4, -0.2) is 51.5 Å². The van der Waals surface area contributed by atoms with Gasteiger partial charge in [0.2, 0.25) is 0 Å². The Hall–Kier alpha value is -3.94. The van der Waals surface area contributed by atoms with Crippen molar-refractivity contribution < 1.29 is 23.5 Å². The summed E-state index contributed by atoms with van der Waals surface area (Å²) >= 11 is 0. The van der Waals surface area contributed by atoms with Crippen LogP contribution in [0.3, 0.4) is 0 Å². The van der Waals surface area contributed by atoms with Crippen molar-refractivity contribution in [2.24, 2.45) is 5.73 Å². The number of hydrogen-bond donors (Lipinski definition) is 1. The van der Waals surface area contributed by atoms with Gasteiger partial charge >= 0.3 is 6.09 Å². The van der Waals surface area contributed by atoms with Crippen molar-refractivity contribution in [1.29, 1.82) is 5.26 Å². The van der Waals surface area contributed by atoms with E-state index in [1.807, 2.05) is 0 Å². The predicted octanol–water partition coefficient (Wildman–Crippen LogP) is 2.12. The van der Waals surface area contributed by atoms with Crippen molar-refractivity contribution >= 4 is 12.0 Å². The summed E-state index contributed by atoms with van der Waals surface area (Å²) in [4.78, 5) is 38.4. The molecule has 33 heavy (non-hydrogen) atoms. The van der Waals surface area contributed by atoms with Crippen molar-refractivity contribution in [3.05, 3.63) is 51.7 Å². The van der Waals surface area contributed by atoms with E-state index in [0.29, 0.717) is 25.9 Å². The van der Waals surface area contributed by atoms with Crippen molar-refractivity contribution in [1.82, 2.24) is 14.7 Å². The molecule has 0 bridgehead atoms. The number of piperidine rings is 1. The number of nitrogens with zero attached hydrogens (tertiary/aromatic N) is 4. The van der Waals surface area contributed by atoms with E-state index >= 15 is 0 Å². The van der Waals surface area contributed by atoms with Crippen molar-refractivity contribution in [2.45, 2.75) is 45.3 Å². The number of ether oxygens (including phenoxy) is 2. The van der Waals surface area contributed by atoms with Gasteiger partial charge in [-0.25, -0.2) is 9.18 Å². The van der Waals surface area contributed by atoms with E-state index in [1.54, 1.807) is 31.7 Å². The molecule has 2 heterocycles. The summed E-state index contributed by atoms with van der Waals surface area (Å²) in [5, 5.41) is 12.8. The lowest BCUT2D eigenvalue weighted by atomic mass is 10.1. The number of primary amides is 1. The van der Waals surface area contributed by atoms with Crippen LogP contribution in [-0.2, 0) is 4.74 Å². The number of halogens is 1. The summed E-state index contributed by atoms with van der Waals surface area (Å²) in [6.45, 7) is 6.11. The van der Waals surface area contributed by atoms with Gasteiger partial charge in [-0.3, -0.25) is 9.59 Å². The molecule has 1 aromatic heterocycles. The highest BCUT2D eigenvalue weighted by Crippen LogP contribution is 2.22. The zero-order valence-electron chi connectivity index (χ0n) is 18.5. The smallest absolute Gasteiger partial charge is 0.410 e. The molecule has 2 N–H and O–H groups in total. The molecule has 1 aromatic carbocycles. The zero-order valence-corrected chi connectivity index (χ0v) is 18.5. The van der Waals surface area contributed by atoms with E-state index < -0.39 is 29.0 Å². The molecule has 1 aliphatic heterocycles. The molecule has 3 rings (SSSR count). The van der Waals surface area contributed by atoms with Gasteiger partial charge in [0.15, 0.2) is 11.4 Å². The Morgan fingerprint density at radius 1 is 1.24 bits per heavy atom. The largest absolute Gasteiger partial charge is 0.488 e. The van der Waals surface area contributed by atoms with Crippen LogP contribution in [0, 0.1) is 17.1 Å². The Kier molecular flexibility index (Phi) is 6.67. The second-order valence-electron chi connectivity index (χ2n) is 8.53. The Bertz CT molecular complexity index is 1170. The van der Waals surface area contributed by atoms with E-state index in [9.17, 15) is 18.8 Å². The number of rotatable bonds is 4. The first kappa shape index (κ1) is 23.7. The molecule has 0 aliphatic carbocycles. The molecule has 0 spiro atoms. The molecule has 0 atom stereocenters. The number of nitriles is 1. The third kappa shape index (κ3) is 5.65. The van der Waals surface area contributed by atoms with Gasteiger partial charge in [0, 0.05) is 32.0 Å². The van der Waals surface area contributed by atoms with E-state index in [1.165, 1.54) is 12.1 Å². The molecule has 1 fully saturated rings. The average Bonchev–Trinajstić information content (AvgIpc) is 2.73. The average molecular weight is 457 g/mol. The summed E-state index contributed by atoms with van der Waals surface area (Å²) < 4.78 is 26.0. The number of nitrogens with two attached hydrogens (primary N) is 1. The normalized spacial score (nSPS) is 14.5. The van der Waals surface area contributed by atoms with Gasteiger partial charge in [0.1, 0.15) is 23.6 Å². The maximum absolute atomic E-state index is 14.0. The van der Waals surface area contributed by atoms with E-state index in [4.69, 9.17) is 20.5 Å². The minimum absolute atomic E-state index is 0.0243. The summed E-state index contributed by atoms with van der Waals surface area (Å²) in [7, 11) is 0. The quantitative estimate of drug-likeness (QED) is 0.741. The second kappa shape index (κ2) is 9.28. The molecule has 0 radical (unpaired) electrons. The van der Waals surface area contributed by atoms with E-state index in [0.717, 1.165) is 16.8 Å². The molecule has 2 aromatic rings. The number of hydrogen-bond acceptors (Lipinski definition) is 7. The maximum atomic E-state index is 14.0. The topological polar surface area (TPSA) is 141 Å². The fourth-order valence-corrected chi connectivity index (χ4v) is 3.27. The van der Waals surface area contributed by atoms with Crippen LogP contribution in [0.25, 0.3) is 5.69 Å². The van der Waals surface area contributed by atoms with Gasteiger partial charge < -0.3 is 20.1 Å². The van der Waals surface area contributed by atoms with Gasteiger partial charge in [-0.15, -0.1) is 0 Å². The SMILES string of the molecule is CC(C)(C)OC(=O)N1CCC(Oc2cc(=O)n(-c3ccc(C#N)c(F)c3)nc2C(N)=O)CC1. The van der Waals surface area contributed by atoms with E-state index in [2.05, 4.69) is 5.10 Å². The Labute approximate surface area is 189 Å². The molecular formula is C22H24FN5O5. The molecule has 10 nitrogen and oxygen atoms in total. The third-order valence-electron chi connectivity index (χ3n) is 4.84. The van der Waals surface area contributed by atoms with Gasteiger partial charge in [-0.1, -0.05) is 0 Å². The summed E-state index contributed by atoms with van der Waals surface area (Å²) in [5.41, 5.74) is 3.68. The molecule has 1 aliphatic rings. The minimum atomic E-state index is -0.931. The molecule has 2 amide bonds. The lowest BCUT2D eigenvalue weighted by molar-refractivity contribution is 0.0125. The van der Waals surface area contributed by atoms with Crippen LogP contribution in [0.15, 0.2) is 29.1 Å². The fraction of sp³-hybridized carbons (Fsp3) is 0.409. The van der Waals surface area contributed by atoms with Crippen LogP contribution in [0.4, 0.5) is 9.18 Å². The fourth-order valence-electron chi connectivity index (χ4n) is 3.27. The highest BCUT2D eigenvalue weighted by atomic mass is 19.1. The van der Waals surface area contributed by atoms with Gasteiger partial charge in [0.25, 0.3) is 11.5 Å². The van der Waals surface area contributed by atoms with Gasteiger partial charge in [-0.05, 0) is 32.9 Å². The van der Waals surface area contributed by atoms with Crippen molar-refractivity contribution in [3.8, 4) is 17.5 Å². The molecule has 0 saturated carbocycles. The molecular weight excluding hydrogens is 433 g/mol. The van der Waals surface area contributed by atoms with Crippen LogP contribution < -0.4 is 16.0 Å². The predicted molar refractivity (Wildman–Crippen MR) is 114 cm³/mol. The molecule has 11 heteroatoms. The Balaban J connectivity index is 1.78. The Morgan fingerprint density at radius 3 is 2.45 bits per heavy atom. The monoisotopic (exact) mass is 457 g/mol. The van der Waals surface area contributed by atoms with Gasteiger partial charge in [0.05, 0.1) is 17.3 Å². The summed E-state index contributed by atoms with van der Waals surface area (Å²) in [5.74, 6) is -1.85. The Morgan fingerprint density at radius 2 is 1.91 bits per heavy atom.